The van der Waals surface area contributed by atoms with Gasteiger partial charge < -0.3 is 10.1 Å². The first-order chi connectivity index (χ1) is 9.04. The lowest BCUT2D eigenvalue weighted by atomic mass is 10.2. The Hall–Kier alpha value is -1.60. The van der Waals surface area contributed by atoms with Gasteiger partial charge in [-0.15, -0.1) is 0 Å². The van der Waals surface area contributed by atoms with Crippen molar-refractivity contribution in [3.63, 3.8) is 0 Å². The topological polar surface area (TPSA) is 73.4 Å². The van der Waals surface area contributed by atoms with Crippen molar-refractivity contribution < 1.29 is 14.7 Å². The maximum Gasteiger partial charge on any atom is 0.326 e. The standard InChI is InChI=1S/C12H12N2O3S2/c1-2-8(11(16)17)14-10(15)9(19-12(14)18)6-7-4-3-5-13-7/h3-6,8,13H,2H2,1H3,(H,16,17)/b9-6+. The number of thiocarbonyl (C=S) groups is 1. The Morgan fingerprint density at radius 2 is 2.42 bits per heavy atom. The summed E-state index contributed by atoms with van der Waals surface area (Å²) in [5.74, 6) is -1.39. The molecule has 0 bridgehead atoms. The average molecular weight is 296 g/mol. The molecule has 2 heterocycles. The third-order valence-corrected chi connectivity index (χ3v) is 4.05. The second-order valence-electron chi connectivity index (χ2n) is 3.94. The van der Waals surface area contributed by atoms with Crippen LogP contribution >= 0.6 is 24.0 Å². The fourth-order valence-electron chi connectivity index (χ4n) is 1.79. The van der Waals surface area contributed by atoms with E-state index < -0.39 is 12.0 Å². The van der Waals surface area contributed by atoms with Crippen molar-refractivity contribution in [2.24, 2.45) is 0 Å². The maximum atomic E-state index is 12.2. The molecule has 7 heteroatoms. The minimum absolute atomic E-state index is 0.289. The zero-order valence-electron chi connectivity index (χ0n) is 10.1. The third-order valence-electron chi connectivity index (χ3n) is 2.72. The molecule has 1 fully saturated rings. The van der Waals surface area contributed by atoms with Gasteiger partial charge in [0.1, 0.15) is 10.4 Å². The lowest BCUT2D eigenvalue weighted by molar-refractivity contribution is -0.145. The first kappa shape index (κ1) is 13.8. The molecule has 1 unspecified atom stereocenters. The van der Waals surface area contributed by atoms with E-state index in [1.807, 2.05) is 12.1 Å². The molecule has 1 aliphatic rings. The fourth-order valence-corrected chi connectivity index (χ4v) is 3.14. The van der Waals surface area contributed by atoms with Crippen molar-refractivity contribution in [2.75, 3.05) is 0 Å². The number of carboxylic acids is 1. The van der Waals surface area contributed by atoms with E-state index in [0.29, 0.717) is 11.3 Å². The van der Waals surface area contributed by atoms with Gasteiger partial charge in [-0.1, -0.05) is 30.9 Å². The monoisotopic (exact) mass is 296 g/mol. The summed E-state index contributed by atoms with van der Waals surface area (Å²) in [6, 6.07) is 2.74. The predicted molar refractivity (Wildman–Crippen MR) is 77.5 cm³/mol. The molecule has 1 atom stereocenters. The summed E-state index contributed by atoms with van der Waals surface area (Å²) >= 11 is 6.23. The number of nitrogens with one attached hydrogen (secondary N) is 1. The van der Waals surface area contributed by atoms with Crippen molar-refractivity contribution in [1.29, 1.82) is 0 Å². The van der Waals surface area contributed by atoms with E-state index in [1.54, 1.807) is 19.2 Å². The number of H-pyrrole nitrogens is 1. The van der Waals surface area contributed by atoms with Crippen LogP contribution in [-0.2, 0) is 9.59 Å². The SMILES string of the molecule is CCC(C(=O)O)N1C(=O)/C(=C\c2ccc[nH]2)SC1=S. The summed E-state index contributed by atoms with van der Waals surface area (Å²) < 4.78 is 0.289. The minimum Gasteiger partial charge on any atom is -0.480 e. The van der Waals surface area contributed by atoms with E-state index in [0.717, 1.165) is 17.5 Å². The summed E-state index contributed by atoms with van der Waals surface area (Å²) in [6.07, 6.45) is 3.74. The largest absolute Gasteiger partial charge is 0.480 e. The van der Waals surface area contributed by atoms with Gasteiger partial charge in [0.2, 0.25) is 0 Å². The van der Waals surface area contributed by atoms with Gasteiger partial charge in [0.05, 0.1) is 4.91 Å². The van der Waals surface area contributed by atoms with Gasteiger partial charge in [0, 0.05) is 11.9 Å². The molecular formula is C12H12N2O3S2. The number of carbonyl (C=O) groups excluding carboxylic acids is 1. The molecule has 2 rings (SSSR count). The van der Waals surface area contributed by atoms with Crippen molar-refractivity contribution in [3.8, 4) is 0 Å². The van der Waals surface area contributed by atoms with Crippen molar-refractivity contribution in [1.82, 2.24) is 9.88 Å². The highest BCUT2D eigenvalue weighted by Gasteiger charge is 2.39. The van der Waals surface area contributed by atoms with E-state index in [2.05, 4.69) is 4.98 Å². The third kappa shape index (κ3) is 2.71. The molecule has 1 aliphatic heterocycles. The maximum absolute atomic E-state index is 12.2. The second-order valence-corrected chi connectivity index (χ2v) is 5.62. The molecule has 1 amide bonds. The molecule has 0 saturated carbocycles. The lowest BCUT2D eigenvalue weighted by Gasteiger charge is -2.21. The summed E-state index contributed by atoms with van der Waals surface area (Å²) in [5.41, 5.74) is 0.781. The van der Waals surface area contributed by atoms with Crippen LogP contribution in [-0.4, -0.2) is 37.2 Å². The van der Waals surface area contributed by atoms with Crippen molar-refractivity contribution in [3.05, 3.63) is 28.9 Å². The molecule has 5 nitrogen and oxygen atoms in total. The highest BCUT2D eigenvalue weighted by Crippen LogP contribution is 2.34. The number of aliphatic carboxylic acids is 1. The lowest BCUT2D eigenvalue weighted by Crippen LogP contribution is -2.43. The molecular weight excluding hydrogens is 284 g/mol. The first-order valence-electron chi connectivity index (χ1n) is 5.68. The molecule has 0 aliphatic carbocycles. The van der Waals surface area contributed by atoms with Crippen LogP contribution in [0.5, 0.6) is 0 Å². The Morgan fingerprint density at radius 3 is 2.95 bits per heavy atom. The molecule has 0 spiro atoms. The van der Waals surface area contributed by atoms with Crippen LogP contribution in [0.1, 0.15) is 19.0 Å². The molecule has 0 radical (unpaired) electrons. The van der Waals surface area contributed by atoms with Crippen LogP contribution in [0.2, 0.25) is 0 Å². The van der Waals surface area contributed by atoms with E-state index in [-0.39, 0.29) is 10.2 Å². The Morgan fingerprint density at radius 1 is 1.68 bits per heavy atom. The normalized spacial score (nSPS) is 19.2. The number of hydrogen-bond acceptors (Lipinski definition) is 4. The number of aromatic nitrogens is 1. The number of hydrogen-bond donors (Lipinski definition) is 2. The van der Waals surface area contributed by atoms with Crippen LogP contribution in [0, 0.1) is 0 Å². The molecule has 19 heavy (non-hydrogen) atoms. The molecule has 1 aromatic rings. The van der Waals surface area contributed by atoms with Crippen LogP contribution in [0.3, 0.4) is 0 Å². The van der Waals surface area contributed by atoms with Gasteiger partial charge in [0.15, 0.2) is 0 Å². The van der Waals surface area contributed by atoms with E-state index in [1.165, 1.54) is 4.90 Å². The summed E-state index contributed by atoms with van der Waals surface area (Å²) in [4.78, 5) is 27.9. The number of carbonyl (C=O) groups is 2. The van der Waals surface area contributed by atoms with Crippen LogP contribution < -0.4 is 0 Å². The molecule has 1 saturated heterocycles. The van der Waals surface area contributed by atoms with E-state index >= 15 is 0 Å². The molecule has 1 aromatic heterocycles. The Bertz CT molecular complexity index is 551. The quantitative estimate of drug-likeness (QED) is 0.657. The fraction of sp³-hybridized carbons (Fsp3) is 0.250. The Labute approximate surface area is 119 Å². The van der Waals surface area contributed by atoms with Crippen LogP contribution in [0.4, 0.5) is 0 Å². The molecule has 2 N–H and O–H groups in total. The number of thioether (sulfide) groups is 1. The minimum atomic E-state index is -1.04. The van der Waals surface area contributed by atoms with Gasteiger partial charge in [-0.3, -0.25) is 9.69 Å². The number of aromatic amines is 1. The summed E-state index contributed by atoms with van der Waals surface area (Å²) in [6.45, 7) is 1.71. The van der Waals surface area contributed by atoms with E-state index in [4.69, 9.17) is 17.3 Å². The molecule has 100 valence electrons. The van der Waals surface area contributed by atoms with E-state index in [9.17, 15) is 9.59 Å². The predicted octanol–water partition coefficient (Wildman–Crippen LogP) is 2.08. The number of amides is 1. The van der Waals surface area contributed by atoms with Gasteiger partial charge in [-0.2, -0.15) is 0 Å². The zero-order chi connectivity index (χ0) is 14.0. The number of nitrogens with zero attached hydrogens (tertiary/aromatic N) is 1. The summed E-state index contributed by atoms with van der Waals surface area (Å²) in [7, 11) is 0. The average Bonchev–Trinajstić information content (AvgIpc) is 2.94. The van der Waals surface area contributed by atoms with Crippen LogP contribution in [0.25, 0.3) is 6.08 Å². The zero-order valence-corrected chi connectivity index (χ0v) is 11.8. The number of rotatable bonds is 4. The van der Waals surface area contributed by atoms with Crippen LogP contribution in [0.15, 0.2) is 23.2 Å². The van der Waals surface area contributed by atoms with Gasteiger partial charge in [-0.25, -0.2) is 4.79 Å². The van der Waals surface area contributed by atoms with Gasteiger partial charge in [0.25, 0.3) is 5.91 Å². The molecule has 0 aromatic carbocycles. The highest BCUT2D eigenvalue weighted by molar-refractivity contribution is 8.26. The van der Waals surface area contributed by atoms with Gasteiger partial charge >= 0.3 is 5.97 Å². The van der Waals surface area contributed by atoms with Crippen molar-refractivity contribution >= 4 is 46.3 Å². The van der Waals surface area contributed by atoms with Gasteiger partial charge in [-0.05, 0) is 24.6 Å². The number of carboxylic acid groups (broad SMARTS) is 1. The highest BCUT2D eigenvalue weighted by atomic mass is 32.2. The Kier molecular flexibility index (Phi) is 4.06. The Balaban J connectivity index is 2.28. The first-order valence-corrected chi connectivity index (χ1v) is 6.90. The second kappa shape index (κ2) is 5.58. The summed E-state index contributed by atoms with van der Waals surface area (Å²) in [5, 5.41) is 9.12. The van der Waals surface area contributed by atoms with Crippen molar-refractivity contribution in [2.45, 2.75) is 19.4 Å². The smallest absolute Gasteiger partial charge is 0.326 e.